The molecule has 4 heteroatoms. The van der Waals surface area contributed by atoms with Crippen molar-refractivity contribution in [1.82, 2.24) is 0 Å². The Morgan fingerprint density at radius 2 is 2.00 bits per heavy atom. The minimum absolute atomic E-state index is 0.00810. The third kappa shape index (κ3) is 0.881. The summed E-state index contributed by atoms with van der Waals surface area (Å²) in [5.74, 6) is -1.50. The summed E-state index contributed by atoms with van der Waals surface area (Å²) in [6.45, 7) is 4.69. The normalized spacial score (nSPS) is 40.2. The number of fused-ring (bicyclic) bond motifs is 3. The van der Waals surface area contributed by atoms with Gasteiger partial charge < -0.3 is 14.2 Å². The van der Waals surface area contributed by atoms with Crippen LogP contribution < -0.4 is 0 Å². The quantitative estimate of drug-likeness (QED) is 0.534. The summed E-state index contributed by atoms with van der Waals surface area (Å²) < 4.78 is 15.7. The molecule has 0 unspecified atom stereocenters. The van der Waals surface area contributed by atoms with Gasteiger partial charge in [0.05, 0.1) is 13.2 Å². The lowest BCUT2D eigenvalue weighted by atomic mass is 10.00. The number of hydrogen-bond acceptors (Lipinski definition) is 4. The predicted molar refractivity (Wildman–Crippen MR) is 39.4 cm³/mol. The molecular formula is C8H12O4. The van der Waals surface area contributed by atoms with E-state index < -0.39 is 5.79 Å². The molecule has 0 aromatic rings. The summed E-state index contributed by atoms with van der Waals surface area (Å²) in [4.78, 5) is 11.3. The average molecular weight is 172 g/mol. The Hall–Kier alpha value is -0.610. The van der Waals surface area contributed by atoms with Crippen LogP contribution in [0, 0.1) is 5.92 Å². The second-order valence-corrected chi connectivity index (χ2v) is 3.47. The first-order valence-corrected chi connectivity index (χ1v) is 4.14. The Balaban J connectivity index is 2.26. The minimum Gasteiger partial charge on any atom is -0.453 e. The van der Waals surface area contributed by atoms with Gasteiger partial charge in [0.1, 0.15) is 6.10 Å². The molecule has 4 nitrogen and oxygen atoms in total. The lowest BCUT2D eigenvalue weighted by Gasteiger charge is -2.45. The van der Waals surface area contributed by atoms with Gasteiger partial charge in [-0.05, 0) is 0 Å². The summed E-state index contributed by atoms with van der Waals surface area (Å²) in [6, 6.07) is 0. The molecule has 3 saturated heterocycles. The third-order valence-corrected chi connectivity index (χ3v) is 2.29. The third-order valence-electron chi connectivity index (χ3n) is 2.29. The summed E-state index contributed by atoms with van der Waals surface area (Å²) in [6.07, 6.45) is -0.196. The van der Waals surface area contributed by atoms with Gasteiger partial charge >= 0.3 is 5.97 Å². The highest BCUT2D eigenvalue weighted by atomic mass is 16.8. The van der Waals surface area contributed by atoms with Crippen molar-refractivity contribution < 1.29 is 19.0 Å². The van der Waals surface area contributed by atoms with Crippen LogP contribution in [0.25, 0.3) is 0 Å². The Morgan fingerprint density at radius 1 is 1.42 bits per heavy atom. The van der Waals surface area contributed by atoms with E-state index in [0.717, 1.165) is 0 Å². The Kier molecular flexibility index (Phi) is 1.63. The van der Waals surface area contributed by atoms with Gasteiger partial charge in [-0.2, -0.15) is 0 Å². The van der Waals surface area contributed by atoms with Crippen LogP contribution >= 0.6 is 0 Å². The van der Waals surface area contributed by atoms with Crippen molar-refractivity contribution in [3.63, 3.8) is 0 Å². The standard InChI is InChI=1S/C8H12O4/c1-5(2)8-7(9)12-6(3-10-8)4-11-8/h5-6H,3-4H2,1-2H3. The van der Waals surface area contributed by atoms with Gasteiger partial charge in [-0.15, -0.1) is 0 Å². The zero-order valence-corrected chi connectivity index (χ0v) is 7.20. The van der Waals surface area contributed by atoms with E-state index in [1.54, 1.807) is 0 Å². The molecule has 0 aromatic carbocycles. The molecule has 0 atom stereocenters. The summed E-state index contributed by atoms with van der Waals surface area (Å²) >= 11 is 0. The van der Waals surface area contributed by atoms with Crippen molar-refractivity contribution in [1.29, 1.82) is 0 Å². The molecule has 3 aliphatic heterocycles. The molecule has 68 valence electrons. The molecule has 0 N–H and O–H groups in total. The molecule has 2 bridgehead atoms. The first-order chi connectivity index (χ1) is 5.65. The summed E-state index contributed by atoms with van der Waals surface area (Å²) in [7, 11) is 0. The Morgan fingerprint density at radius 3 is 2.33 bits per heavy atom. The van der Waals surface area contributed by atoms with E-state index in [4.69, 9.17) is 14.2 Å². The molecule has 0 saturated carbocycles. The van der Waals surface area contributed by atoms with Gasteiger partial charge in [-0.25, -0.2) is 4.79 Å². The lowest BCUT2D eigenvalue weighted by molar-refractivity contribution is -0.342. The van der Waals surface area contributed by atoms with E-state index in [-0.39, 0.29) is 18.0 Å². The zero-order valence-electron chi connectivity index (χ0n) is 7.20. The van der Waals surface area contributed by atoms with Crippen LogP contribution in [0.15, 0.2) is 0 Å². The van der Waals surface area contributed by atoms with E-state index in [9.17, 15) is 4.79 Å². The second-order valence-electron chi connectivity index (χ2n) is 3.47. The highest BCUT2D eigenvalue weighted by Crippen LogP contribution is 2.34. The van der Waals surface area contributed by atoms with Crippen molar-refractivity contribution in [3.8, 4) is 0 Å². The second kappa shape index (κ2) is 2.44. The van der Waals surface area contributed by atoms with E-state index in [0.29, 0.717) is 13.2 Å². The van der Waals surface area contributed by atoms with E-state index in [1.807, 2.05) is 13.8 Å². The number of rotatable bonds is 1. The summed E-state index contributed by atoms with van der Waals surface area (Å²) in [5, 5.41) is 0. The molecule has 3 rings (SSSR count). The number of ether oxygens (including phenoxy) is 3. The van der Waals surface area contributed by atoms with Crippen LogP contribution in [0.4, 0.5) is 0 Å². The summed E-state index contributed by atoms with van der Waals surface area (Å²) in [5.41, 5.74) is 0. The van der Waals surface area contributed by atoms with E-state index >= 15 is 0 Å². The highest BCUT2D eigenvalue weighted by molar-refractivity contribution is 5.79. The van der Waals surface area contributed by atoms with E-state index in [1.165, 1.54) is 0 Å². The first kappa shape index (κ1) is 8.01. The minimum atomic E-state index is -1.12. The molecule has 0 aromatic heterocycles. The van der Waals surface area contributed by atoms with E-state index in [2.05, 4.69) is 0 Å². The van der Waals surface area contributed by atoms with Gasteiger partial charge in [0.15, 0.2) is 0 Å². The topological polar surface area (TPSA) is 44.8 Å². The monoisotopic (exact) mass is 172 g/mol. The molecule has 3 fully saturated rings. The molecule has 0 amide bonds. The maximum atomic E-state index is 11.3. The van der Waals surface area contributed by atoms with Crippen molar-refractivity contribution in [2.45, 2.75) is 25.7 Å². The van der Waals surface area contributed by atoms with Crippen LogP contribution in [0.5, 0.6) is 0 Å². The molecule has 3 heterocycles. The van der Waals surface area contributed by atoms with Crippen LogP contribution in [0.1, 0.15) is 13.8 Å². The van der Waals surface area contributed by atoms with Gasteiger partial charge in [0, 0.05) is 5.92 Å². The molecule has 0 radical (unpaired) electrons. The fourth-order valence-electron chi connectivity index (χ4n) is 1.51. The van der Waals surface area contributed by atoms with Crippen LogP contribution in [0.2, 0.25) is 0 Å². The van der Waals surface area contributed by atoms with Crippen molar-refractivity contribution >= 4 is 5.97 Å². The number of carbonyl (C=O) groups is 1. The van der Waals surface area contributed by atoms with Gasteiger partial charge in [0.2, 0.25) is 0 Å². The fourth-order valence-corrected chi connectivity index (χ4v) is 1.51. The number of carbonyl (C=O) groups excluding carboxylic acids is 1. The molecular weight excluding hydrogens is 160 g/mol. The fraction of sp³-hybridized carbons (Fsp3) is 0.875. The average Bonchev–Trinajstić information content (AvgIpc) is 2.05. The SMILES string of the molecule is CC(C)C12OCC(CO1)OC2=O. The van der Waals surface area contributed by atoms with Gasteiger partial charge in [-0.1, -0.05) is 13.8 Å². The largest absolute Gasteiger partial charge is 0.453 e. The smallest absolute Gasteiger partial charge is 0.367 e. The Labute approximate surface area is 70.8 Å². The van der Waals surface area contributed by atoms with Crippen molar-refractivity contribution in [3.05, 3.63) is 0 Å². The van der Waals surface area contributed by atoms with Crippen LogP contribution in [-0.4, -0.2) is 31.1 Å². The van der Waals surface area contributed by atoms with Crippen LogP contribution in [0.3, 0.4) is 0 Å². The molecule has 0 aliphatic carbocycles. The number of hydrogen-bond donors (Lipinski definition) is 0. The van der Waals surface area contributed by atoms with Crippen molar-refractivity contribution in [2.24, 2.45) is 5.92 Å². The maximum Gasteiger partial charge on any atom is 0.367 e. The van der Waals surface area contributed by atoms with Gasteiger partial charge in [0.25, 0.3) is 5.79 Å². The zero-order chi connectivity index (χ0) is 8.77. The van der Waals surface area contributed by atoms with Gasteiger partial charge in [-0.3, -0.25) is 0 Å². The molecule has 12 heavy (non-hydrogen) atoms. The number of esters is 1. The predicted octanol–water partition coefficient (Wildman–Crippen LogP) is 0.311. The first-order valence-electron chi connectivity index (χ1n) is 4.14. The van der Waals surface area contributed by atoms with Crippen molar-refractivity contribution in [2.75, 3.05) is 13.2 Å². The van der Waals surface area contributed by atoms with Crippen LogP contribution in [-0.2, 0) is 19.0 Å². The lowest BCUT2D eigenvalue weighted by Crippen LogP contribution is -2.62. The highest BCUT2D eigenvalue weighted by Gasteiger charge is 2.54. The molecule has 0 spiro atoms. The molecule has 3 aliphatic rings. The maximum absolute atomic E-state index is 11.3. The Bertz CT molecular complexity index is 203.